The molecule has 1 aromatic carbocycles. The Morgan fingerprint density at radius 3 is 2.29 bits per heavy atom. The highest BCUT2D eigenvalue weighted by Crippen LogP contribution is 2.25. The van der Waals surface area contributed by atoms with E-state index in [1.54, 1.807) is 11.8 Å². The van der Waals surface area contributed by atoms with Gasteiger partial charge in [0.1, 0.15) is 12.1 Å². The van der Waals surface area contributed by atoms with E-state index in [1.165, 1.54) is 11.0 Å². The minimum atomic E-state index is -0.257. The molecule has 3 aromatic rings. The number of benzene rings is 1. The van der Waals surface area contributed by atoms with Crippen molar-refractivity contribution in [3.8, 4) is 5.82 Å². The van der Waals surface area contributed by atoms with E-state index in [0.29, 0.717) is 44.6 Å². The maximum atomic E-state index is 12.0. The Morgan fingerprint density at radius 1 is 1.00 bits per heavy atom. The summed E-state index contributed by atoms with van der Waals surface area (Å²) >= 11 is 0. The molecule has 0 unspecified atom stereocenters. The zero-order valence-electron chi connectivity index (χ0n) is 23.9. The van der Waals surface area contributed by atoms with E-state index >= 15 is 0 Å². The van der Waals surface area contributed by atoms with Gasteiger partial charge in [-0.25, -0.2) is 14.8 Å². The fraction of sp³-hybridized carbons (Fsp3) is 0.481. The van der Waals surface area contributed by atoms with Gasteiger partial charge in [0.2, 0.25) is 17.8 Å². The van der Waals surface area contributed by atoms with Crippen molar-refractivity contribution in [2.75, 3.05) is 66.7 Å². The molecule has 2 amide bonds. The van der Waals surface area contributed by atoms with Crippen molar-refractivity contribution in [3.05, 3.63) is 36.7 Å². The summed E-state index contributed by atoms with van der Waals surface area (Å²) in [6.45, 7) is 11.9. The van der Waals surface area contributed by atoms with Gasteiger partial charge in [0.15, 0.2) is 5.82 Å². The number of nitrogen functional groups attached to an aromatic ring is 1. The smallest absolute Gasteiger partial charge is 0.409 e. The normalized spacial score (nSPS) is 19.3. The lowest BCUT2D eigenvalue weighted by Gasteiger charge is -2.44. The first kappa shape index (κ1) is 27.9. The number of amides is 2. The number of carbonyl (C=O) groups is 2. The minimum Gasteiger partial charge on any atom is -0.450 e. The van der Waals surface area contributed by atoms with Crippen LogP contribution in [0.3, 0.4) is 0 Å². The number of hydrogen-bond acceptors (Lipinski definition) is 11. The van der Waals surface area contributed by atoms with E-state index in [-0.39, 0.29) is 30.0 Å². The molecular formula is C27H37N11O3. The first-order valence-electron chi connectivity index (χ1n) is 13.9. The highest BCUT2D eigenvalue weighted by atomic mass is 16.6. The van der Waals surface area contributed by atoms with E-state index in [4.69, 9.17) is 10.5 Å². The first-order valence-corrected chi connectivity index (χ1v) is 13.9. The van der Waals surface area contributed by atoms with Crippen LogP contribution in [0.5, 0.6) is 0 Å². The molecule has 0 radical (unpaired) electrons. The Labute approximate surface area is 239 Å². The maximum Gasteiger partial charge on any atom is 0.409 e. The van der Waals surface area contributed by atoms with Crippen molar-refractivity contribution < 1.29 is 14.3 Å². The molecule has 4 heterocycles. The van der Waals surface area contributed by atoms with Crippen molar-refractivity contribution in [3.63, 3.8) is 0 Å². The van der Waals surface area contributed by atoms with Crippen LogP contribution in [0.4, 0.5) is 33.9 Å². The molecule has 14 heteroatoms. The van der Waals surface area contributed by atoms with E-state index in [1.807, 2.05) is 56.0 Å². The molecule has 5 rings (SSSR count). The van der Waals surface area contributed by atoms with Crippen molar-refractivity contribution in [1.29, 1.82) is 0 Å². The summed E-state index contributed by atoms with van der Waals surface area (Å²) in [7, 11) is 0. The molecule has 2 aliphatic heterocycles. The van der Waals surface area contributed by atoms with Crippen LogP contribution in [0.1, 0.15) is 27.7 Å². The summed E-state index contributed by atoms with van der Waals surface area (Å²) in [6.07, 6.45) is 1.23. The van der Waals surface area contributed by atoms with E-state index in [9.17, 15) is 9.59 Å². The SMILES string of the molecule is CCOC(=O)N1CCN(c2ccc(Nc3nc(N)n(-c4cc(N5C[C@@H](C)N(C(C)=O)[C@@H](C)C5)ncn4)n3)cc2)CC1. The maximum absolute atomic E-state index is 12.0. The lowest BCUT2D eigenvalue weighted by molar-refractivity contribution is -0.133. The van der Waals surface area contributed by atoms with Crippen LogP contribution in [0.2, 0.25) is 0 Å². The van der Waals surface area contributed by atoms with Crippen LogP contribution in [0, 0.1) is 0 Å². The molecule has 2 aromatic heterocycles. The van der Waals surface area contributed by atoms with Gasteiger partial charge in [0.25, 0.3) is 0 Å². The molecule has 0 spiro atoms. The van der Waals surface area contributed by atoms with Gasteiger partial charge in [-0.1, -0.05) is 0 Å². The van der Waals surface area contributed by atoms with E-state index in [0.717, 1.165) is 30.3 Å². The van der Waals surface area contributed by atoms with Gasteiger partial charge >= 0.3 is 6.09 Å². The van der Waals surface area contributed by atoms with E-state index < -0.39 is 0 Å². The number of piperazine rings is 2. The fourth-order valence-corrected chi connectivity index (χ4v) is 5.55. The summed E-state index contributed by atoms with van der Waals surface area (Å²) in [6, 6.07) is 9.89. The van der Waals surface area contributed by atoms with Crippen LogP contribution >= 0.6 is 0 Å². The summed E-state index contributed by atoms with van der Waals surface area (Å²) in [4.78, 5) is 45.2. The number of rotatable bonds is 6. The Hall–Kier alpha value is -4.62. The number of nitrogens with zero attached hydrogens (tertiary/aromatic N) is 9. The number of ether oxygens (including phenoxy) is 1. The van der Waals surface area contributed by atoms with Crippen LogP contribution < -0.4 is 20.9 Å². The van der Waals surface area contributed by atoms with Crippen LogP contribution in [0.25, 0.3) is 5.82 Å². The zero-order chi connectivity index (χ0) is 29.1. The van der Waals surface area contributed by atoms with Gasteiger partial charge < -0.3 is 35.4 Å². The summed E-state index contributed by atoms with van der Waals surface area (Å²) < 4.78 is 6.58. The molecule has 218 valence electrons. The molecular weight excluding hydrogens is 526 g/mol. The number of nitrogens with one attached hydrogen (secondary N) is 1. The number of anilines is 5. The lowest BCUT2D eigenvalue weighted by Crippen LogP contribution is -2.58. The topological polar surface area (TPSA) is 151 Å². The van der Waals surface area contributed by atoms with Crippen molar-refractivity contribution in [2.45, 2.75) is 39.8 Å². The average molecular weight is 564 g/mol. The zero-order valence-corrected chi connectivity index (χ0v) is 23.9. The second-order valence-corrected chi connectivity index (χ2v) is 10.3. The first-order chi connectivity index (χ1) is 19.7. The van der Waals surface area contributed by atoms with Gasteiger partial charge in [0.05, 0.1) is 6.61 Å². The predicted octanol–water partition coefficient (Wildman–Crippen LogP) is 2.11. The standard InChI is InChI=1S/C27H37N11O3/c1-5-41-27(40)35-12-10-34(11-13-35)22-8-6-21(7-9-22)31-26-32-25(28)38(33-26)24-14-23(29-17-30-24)36-15-18(2)37(20(4)39)19(3)16-36/h6-9,14,17-19H,5,10-13,15-16H2,1-4H3,(H3,28,31,32,33)/t18-,19+. The Morgan fingerprint density at radius 2 is 1.66 bits per heavy atom. The third-order valence-electron chi connectivity index (χ3n) is 7.39. The molecule has 2 aliphatic rings. The molecule has 2 saturated heterocycles. The van der Waals surface area contributed by atoms with Crippen LogP contribution in [-0.4, -0.2) is 104 Å². The molecule has 2 atom stereocenters. The molecule has 41 heavy (non-hydrogen) atoms. The Bertz CT molecular complexity index is 1360. The van der Waals surface area contributed by atoms with Gasteiger partial charge in [-0.2, -0.15) is 9.67 Å². The highest BCUT2D eigenvalue weighted by Gasteiger charge is 2.32. The number of hydrogen-bond donors (Lipinski definition) is 2. The molecule has 2 fully saturated rings. The number of nitrogens with two attached hydrogens (primary N) is 1. The van der Waals surface area contributed by atoms with Crippen LogP contribution in [0.15, 0.2) is 36.7 Å². The third kappa shape index (κ3) is 6.10. The predicted molar refractivity (Wildman–Crippen MR) is 156 cm³/mol. The second-order valence-electron chi connectivity index (χ2n) is 10.3. The summed E-state index contributed by atoms with van der Waals surface area (Å²) in [5.74, 6) is 1.85. The molecule has 0 aliphatic carbocycles. The molecule has 0 bridgehead atoms. The number of aromatic nitrogens is 5. The average Bonchev–Trinajstić information content (AvgIpc) is 3.32. The molecule has 0 saturated carbocycles. The summed E-state index contributed by atoms with van der Waals surface area (Å²) in [5, 5.41) is 7.73. The van der Waals surface area contributed by atoms with Crippen LogP contribution in [-0.2, 0) is 9.53 Å². The quantitative estimate of drug-likeness (QED) is 0.454. The van der Waals surface area contributed by atoms with Crippen molar-refractivity contribution in [2.24, 2.45) is 0 Å². The second kappa shape index (κ2) is 11.9. The Balaban J connectivity index is 1.23. The fourth-order valence-electron chi connectivity index (χ4n) is 5.55. The third-order valence-corrected chi connectivity index (χ3v) is 7.39. The van der Waals surface area contributed by atoms with Gasteiger partial charge in [-0.05, 0) is 45.0 Å². The lowest BCUT2D eigenvalue weighted by atomic mass is 10.1. The van der Waals surface area contributed by atoms with Gasteiger partial charge in [0, 0.05) is 75.7 Å². The van der Waals surface area contributed by atoms with E-state index in [2.05, 4.69) is 35.2 Å². The number of carbonyl (C=O) groups excluding carboxylic acids is 2. The molecule has 14 nitrogen and oxygen atoms in total. The van der Waals surface area contributed by atoms with Gasteiger partial charge in [-0.15, -0.1) is 5.10 Å². The van der Waals surface area contributed by atoms with Gasteiger partial charge in [-0.3, -0.25) is 4.79 Å². The monoisotopic (exact) mass is 563 g/mol. The van der Waals surface area contributed by atoms with Crippen molar-refractivity contribution in [1.82, 2.24) is 34.5 Å². The molecule has 3 N–H and O–H groups in total. The highest BCUT2D eigenvalue weighted by molar-refractivity contribution is 5.74. The summed E-state index contributed by atoms with van der Waals surface area (Å²) in [5.41, 5.74) is 8.09. The largest absolute Gasteiger partial charge is 0.450 e. The minimum absolute atomic E-state index is 0.0579. The van der Waals surface area contributed by atoms with Crippen molar-refractivity contribution >= 4 is 41.1 Å². The Kier molecular flexibility index (Phi) is 8.08.